The van der Waals surface area contributed by atoms with Gasteiger partial charge in [-0.15, -0.1) is 11.3 Å². The Balaban J connectivity index is 2.24. The molecule has 0 spiro atoms. The zero-order valence-corrected chi connectivity index (χ0v) is 7.47. The van der Waals surface area contributed by atoms with Gasteiger partial charge < -0.3 is 5.11 Å². The Morgan fingerprint density at radius 1 is 1.38 bits per heavy atom. The standard InChI is InChI=1S/C10H6O2S/c11-10(12)8-7-5-3-1-2-4-6(5)13-9(7)8/h1-4,8H,(H,11,12). The number of carboxylic acid groups (broad SMARTS) is 1. The number of carboxylic acids is 1. The van der Waals surface area contributed by atoms with E-state index in [1.54, 1.807) is 11.3 Å². The van der Waals surface area contributed by atoms with Gasteiger partial charge >= 0.3 is 5.97 Å². The lowest BCUT2D eigenvalue weighted by Crippen LogP contribution is -1.95. The first-order valence-electron chi connectivity index (χ1n) is 4.03. The fourth-order valence-electron chi connectivity index (χ4n) is 1.74. The van der Waals surface area contributed by atoms with Crippen molar-refractivity contribution in [2.75, 3.05) is 0 Å². The molecule has 1 aromatic heterocycles. The van der Waals surface area contributed by atoms with Gasteiger partial charge in [0.15, 0.2) is 0 Å². The summed E-state index contributed by atoms with van der Waals surface area (Å²) in [6.45, 7) is 0. The van der Waals surface area contributed by atoms with Crippen molar-refractivity contribution in [2.45, 2.75) is 5.92 Å². The summed E-state index contributed by atoms with van der Waals surface area (Å²) in [5.74, 6) is -1.01. The minimum Gasteiger partial charge on any atom is -0.481 e. The average Bonchev–Trinajstić information content (AvgIpc) is 2.71. The van der Waals surface area contributed by atoms with Crippen molar-refractivity contribution in [3.05, 3.63) is 34.7 Å². The molecule has 3 heteroatoms. The monoisotopic (exact) mass is 190 g/mol. The zero-order valence-electron chi connectivity index (χ0n) is 6.65. The fourth-order valence-corrected chi connectivity index (χ4v) is 3.02. The molecule has 0 saturated heterocycles. The minimum absolute atomic E-state index is 0.292. The third-order valence-electron chi connectivity index (χ3n) is 2.38. The first-order chi connectivity index (χ1) is 6.29. The second-order valence-corrected chi connectivity index (χ2v) is 4.23. The Labute approximate surface area is 78.4 Å². The second-order valence-electron chi connectivity index (χ2n) is 3.15. The molecule has 0 radical (unpaired) electrons. The second kappa shape index (κ2) is 2.12. The van der Waals surface area contributed by atoms with E-state index in [1.165, 1.54) is 4.70 Å². The summed E-state index contributed by atoms with van der Waals surface area (Å²) in [4.78, 5) is 11.8. The summed E-state index contributed by atoms with van der Waals surface area (Å²) in [6, 6.07) is 7.96. The van der Waals surface area contributed by atoms with E-state index in [9.17, 15) is 4.79 Å². The van der Waals surface area contributed by atoms with Gasteiger partial charge in [-0.1, -0.05) is 18.2 Å². The Bertz CT molecular complexity index is 513. The van der Waals surface area contributed by atoms with E-state index in [0.29, 0.717) is 0 Å². The van der Waals surface area contributed by atoms with Crippen LogP contribution in [0.3, 0.4) is 0 Å². The molecule has 1 aliphatic rings. The molecule has 1 aliphatic carbocycles. The third kappa shape index (κ3) is 0.795. The summed E-state index contributed by atoms with van der Waals surface area (Å²) in [5, 5.41) is 9.95. The quantitative estimate of drug-likeness (QED) is 0.749. The van der Waals surface area contributed by atoms with E-state index in [4.69, 9.17) is 5.11 Å². The van der Waals surface area contributed by atoms with Crippen LogP contribution in [0.15, 0.2) is 24.3 Å². The molecule has 2 nitrogen and oxygen atoms in total. The van der Waals surface area contributed by atoms with Crippen molar-refractivity contribution in [3.63, 3.8) is 0 Å². The average molecular weight is 190 g/mol. The summed E-state index contributed by atoms with van der Waals surface area (Å²) < 4.78 is 1.20. The van der Waals surface area contributed by atoms with Crippen LogP contribution in [0, 0.1) is 0 Å². The van der Waals surface area contributed by atoms with Crippen LogP contribution in [0.25, 0.3) is 10.1 Å². The highest BCUT2D eigenvalue weighted by Gasteiger charge is 2.43. The molecule has 1 N–H and O–H groups in total. The van der Waals surface area contributed by atoms with Crippen LogP contribution in [0.2, 0.25) is 0 Å². The normalized spacial score (nSPS) is 18.6. The molecule has 3 rings (SSSR count). The van der Waals surface area contributed by atoms with Crippen molar-refractivity contribution in [3.8, 4) is 0 Å². The Hall–Kier alpha value is -1.35. The van der Waals surface area contributed by atoms with Crippen LogP contribution >= 0.6 is 11.3 Å². The molecule has 0 amide bonds. The summed E-state index contributed by atoms with van der Waals surface area (Å²) in [7, 11) is 0. The topological polar surface area (TPSA) is 37.3 Å². The maximum absolute atomic E-state index is 10.7. The van der Waals surface area contributed by atoms with E-state index in [-0.39, 0.29) is 5.92 Å². The molecule has 0 saturated carbocycles. The maximum Gasteiger partial charge on any atom is 0.316 e. The molecule has 13 heavy (non-hydrogen) atoms. The van der Waals surface area contributed by atoms with Gasteiger partial charge in [-0.3, -0.25) is 4.79 Å². The van der Waals surface area contributed by atoms with Crippen LogP contribution in [0.5, 0.6) is 0 Å². The van der Waals surface area contributed by atoms with E-state index in [1.807, 2.05) is 24.3 Å². The number of thiophene rings is 1. The SMILES string of the molecule is O=C(O)C1c2sc3ccccc3c21. The van der Waals surface area contributed by atoms with Crippen LogP contribution in [0.1, 0.15) is 16.4 Å². The molecular formula is C10H6O2S. The lowest BCUT2D eigenvalue weighted by molar-refractivity contribution is -0.136. The lowest BCUT2D eigenvalue weighted by Gasteiger charge is -1.92. The molecule has 1 unspecified atom stereocenters. The van der Waals surface area contributed by atoms with Gasteiger partial charge in [-0.2, -0.15) is 0 Å². The van der Waals surface area contributed by atoms with Gasteiger partial charge in [-0.05, 0) is 17.0 Å². The summed E-state index contributed by atoms with van der Waals surface area (Å²) >= 11 is 1.60. The van der Waals surface area contributed by atoms with Gasteiger partial charge in [0.1, 0.15) is 5.92 Å². The highest BCUT2D eigenvalue weighted by molar-refractivity contribution is 7.20. The van der Waals surface area contributed by atoms with Gasteiger partial charge in [0.2, 0.25) is 0 Å². The molecule has 0 fully saturated rings. The van der Waals surface area contributed by atoms with E-state index >= 15 is 0 Å². The Morgan fingerprint density at radius 3 is 2.92 bits per heavy atom. The predicted molar refractivity (Wildman–Crippen MR) is 51.3 cm³/mol. The lowest BCUT2D eigenvalue weighted by atomic mass is 10.2. The van der Waals surface area contributed by atoms with E-state index < -0.39 is 5.97 Å². The number of fused-ring (bicyclic) bond motifs is 3. The van der Waals surface area contributed by atoms with Crippen LogP contribution in [-0.4, -0.2) is 11.1 Å². The van der Waals surface area contributed by atoms with E-state index in [0.717, 1.165) is 15.8 Å². The number of hydrogen-bond donors (Lipinski definition) is 1. The molecule has 1 heterocycles. The van der Waals surface area contributed by atoms with Crippen molar-refractivity contribution >= 4 is 27.4 Å². The van der Waals surface area contributed by atoms with Crippen LogP contribution < -0.4 is 0 Å². The van der Waals surface area contributed by atoms with Gasteiger partial charge in [0.05, 0.1) is 0 Å². The Kier molecular flexibility index (Phi) is 1.15. The minimum atomic E-state index is -0.716. The Morgan fingerprint density at radius 2 is 2.15 bits per heavy atom. The highest BCUT2D eigenvalue weighted by Crippen LogP contribution is 2.53. The van der Waals surface area contributed by atoms with E-state index in [2.05, 4.69) is 0 Å². The van der Waals surface area contributed by atoms with Crippen LogP contribution in [-0.2, 0) is 4.79 Å². The molecular weight excluding hydrogens is 184 g/mol. The number of carbonyl (C=O) groups is 1. The van der Waals surface area contributed by atoms with Gasteiger partial charge in [0.25, 0.3) is 0 Å². The van der Waals surface area contributed by atoms with Crippen molar-refractivity contribution in [1.82, 2.24) is 0 Å². The van der Waals surface area contributed by atoms with Crippen LogP contribution in [0.4, 0.5) is 0 Å². The van der Waals surface area contributed by atoms with Crippen molar-refractivity contribution in [2.24, 2.45) is 0 Å². The number of hydrogen-bond acceptors (Lipinski definition) is 2. The predicted octanol–water partition coefficient (Wildman–Crippen LogP) is 2.43. The first kappa shape index (κ1) is 7.09. The van der Waals surface area contributed by atoms with Gasteiger partial charge in [-0.25, -0.2) is 0 Å². The molecule has 2 aromatic rings. The van der Waals surface area contributed by atoms with Crippen molar-refractivity contribution < 1.29 is 9.90 Å². The summed E-state index contributed by atoms with van der Waals surface area (Å²) in [6.07, 6.45) is 0. The zero-order chi connectivity index (χ0) is 9.00. The largest absolute Gasteiger partial charge is 0.481 e. The maximum atomic E-state index is 10.7. The number of benzene rings is 1. The highest BCUT2D eigenvalue weighted by atomic mass is 32.1. The van der Waals surface area contributed by atoms with Gasteiger partial charge in [0, 0.05) is 9.58 Å². The number of rotatable bonds is 1. The molecule has 0 bridgehead atoms. The summed E-state index contributed by atoms with van der Waals surface area (Å²) in [5.41, 5.74) is 1.04. The van der Waals surface area contributed by atoms with Crippen molar-refractivity contribution in [1.29, 1.82) is 0 Å². The molecule has 1 atom stereocenters. The third-order valence-corrected chi connectivity index (χ3v) is 3.63. The fraction of sp³-hybridized carbons (Fsp3) is 0.100. The first-order valence-corrected chi connectivity index (χ1v) is 4.85. The molecule has 0 aliphatic heterocycles. The number of aliphatic carboxylic acids is 1. The smallest absolute Gasteiger partial charge is 0.316 e. The molecule has 64 valence electrons. The molecule has 1 aromatic carbocycles.